The number of carbonyl (C=O) groups is 2. The van der Waals surface area contributed by atoms with Gasteiger partial charge in [0.05, 0.1) is 11.4 Å². The van der Waals surface area contributed by atoms with Gasteiger partial charge < -0.3 is 0 Å². The standard InChI is InChI=1S/C25H22F2N4O2/c1-3-25(26,27)19-9-4-7-17(13-19)14-21(32)22-16(2)30-31(24(22)33)20-10-5-8-18(15-20)23-28-11-6-12-29-23/h4-13,15,22H,3,14H2,1-2H3. The van der Waals surface area contributed by atoms with Crippen molar-refractivity contribution in [3.8, 4) is 11.4 Å². The topological polar surface area (TPSA) is 75.5 Å². The summed E-state index contributed by atoms with van der Waals surface area (Å²) < 4.78 is 28.1. The monoisotopic (exact) mass is 448 g/mol. The Bertz CT molecular complexity index is 1230. The summed E-state index contributed by atoms with van der Waals surface area (Å²) in [5, 5.41) is 5.51. The smallest absolute Gasteiger partial charge is 0.273 e. The van der Waals surface area contributed by atoms with Gasteiger partial charge in [-0.3, -0.25) is 9.59 Å². The molecule has 0 saturated heterocycles. The molecule has 0 aliphatic carbocycles. The molecule has 1 unspecified atom stereocenters. The number of nitrogens with zero attached hydrogens (tertiary/aromatic N) is 4. The molecular weight excluding hydrogens is 426 g/mol. The average Bonchev–Trinajstić information content (AvgIpc) is 3.13. The van der Waals surface area contributed by atoms with Crippen LogP contribution in [0.5, 0.6) is 0 Å². The Labute approximate surface area is 190 Å². The molecule has 33 heavy (non-hydrogen) atoms. The Morgan fingerprint density at radius 2 is 1.79 bits per heavy atom. The molecule has 3 aromatic rings. The van der Waals surface area contributed by atoms with E-state index in [1.54, 1.807) is 49.6 Å². The van der Waals surface area contributed by atoms with Crippen LogP contribution >= 0.6 is 0 Å². The van der Waals surface area contributed by atoms with Gasteiger partial charge in [-0.05, 0) is 36.8 Å². The third-order valence-corrected chi connectivity index (χ3v) is 5.54. The predicted octanol–water partition coefficient (Wildman–Crippen LogP) is 4.80. The van der Waals surface area contributed by atoms with E-state index in [9.17, 15) is 18.4 Å². The van der Waals surface area contributed by atoms with E-state index in [0.29, 0.717) is 28.4 Å². The molecule has 0 saturated carbocycles. The van der Waals surface area contributed by atoms with E-state index >= 15 is 0 Å². The molecule has 1 aliphatic rings. The number of hydrazone groups is 1. The fourth-order valence-electron chi connectivity index (χ4n) is 3.76. The van der Waals surface area contributed by atoms with Crippen molar-refractivity contribution in [2.24, 2.45) is 11.0 Å². The maximum Gasteiger partial charge on any atom is 0.273 e. The zero-order valence-electron chi connectivity index (χ0n) is 18.2. The van der Waals surface area contributed by atoms with E-state index < -0.39 is 17.7 Å². The summed E-state index contributed by atoms with van der Waals surface area (Å²) in [6.45, 7) is 3.02. The number of anilines is 1. The predicted molar refractivity (Wildman–Crippen MR) is 121 cm³/mol. The van der Waals surface area contributed by atoms with Gasteiger partial charge in [0.1, 0.15) is 5.92 Å². The Hall–Kier alpha value is -3.81. The van der Waals surface area contributed by atoms with Crippen LogP contribution in [0.3, 0.4) is 0 Å². The molecule has 2 aromatic carbocycles. The summed E-state index contributed by atoms with van der Waals surface area (Å²) in [7, 11) is 0. The first-order valence-corrected chi connectivity index (χ1v) is 10.6. The number of halogens is 2. The van der Waals surface area contributed by atoms with Crippen LogP contribution in [-0.2, 0) is 21.9 Å². The maximum atomic E-state index is 14.0. The van der Waals surface area contributed by atoms with Crippen molar-refractivity contribution in [2.45, 2.75) is 32.6 Å². The number of hydrogen-bond donors (Lipinski definition) is 0. The van der Waals surface area contributed by atoms with Gasteiger partial charge in [-0.25, -0.2) is 18.7 Å². The first kappa shape index (κ1) is 22.4. The van der Waals surface area contributed by atoms with Crippen molar-refractivity contribution in [1.82, 2.24) is 9.97 Å². The number of hydrogen-bond acceptors (Lipinski definition) is 5. The van der Waals surface area contributed by atoms with Crippen LogP contribution in [0.4, 0.5) is 14.5 Å². The van der Waals surface area contributed by atoms with E-state index in [4.69, 9.17) is 0 Å². The van der Waals surface area contributed by atoms with Crippen LogP contribution in [0.1, 0.15) is 31.4 Å². The molecule has 8 heteroatoms. The first-order chi connectivity index (χ1) is 15.8. The number of amides is 1. The van der Waals surface area contributed by atoms with Gasteiger partial charge in [0.25, 0.3) is 11.8 Å². The highest BCUT2D eigenvalue weighted by molar-refractivity contribution is 6.27. The maximum absolute atomic E-state index is 14.0. The van der Waals surface area contributed by atoms with Crippen LogP contribution in [0.25, 0.3) is 11.4 Å². The first-order valence-electron chi connectivity index (χ1n) is 10.6. The number of Topliss-reactive ketones (excluding diaryl/α,β-unsaturated/α-hetero) is 1. The van der Waals surface area contributed by atoms with Crippen LogP contribution in [0, 0.1) is 5.92 Å². The van der Waals surface area contributed by atoms with Gasteiger partial charge in [-0.1, -0.05) is 37.3 Å². The van der Waals surface area contributed by atoms with Crippen molar-refractivity contribution in [2.75, 3.05) is 5.01 Å². The fraction of sp³-hybridized carbons (Fsp3) is 0.240. The lowest BCUT2D eigenvalue weighted by atomic mass is 9.92. The summed E-state index contributed by atoms with van der Waals surface area (Å²) >= 11 is 0. The molecular formula is C25H22F2N4O2. The molecule has 0 radical (unpaired) electrons. The van der Waals surface area contributed by atoms with Crippen molar-refractivity contribution in [3.05, 3.63) is 78.1 Å². The molecule has 6 nitrogen and oxygen atoms in total. The molecule has 0 N–H and O–H groups in total. The number of benzene rings is 2. The van der Waals surface area contributed by atoms with Crippen LogP contribution in [0.15, 0.2) is 72.1 Å². The number of aromatic nitrogens is 2. The van der Waals surface area contributed by atoms with Gasteiger partial charge in [-0.15, -0.1) is 0 Å². The van der Waals surface area contributed by atoms with Gasteiger partial charge >= 0.3 is 0 Å². The Morgan fingerprint density at radius 1 is 1.06 bits per heavy atom. The summed E-state index contributed by atoms with van der Waals surface area (Å²) in [6.07, 6.45) is 2.78. The molecule has 4 rings (SSSR count). The number of carbonyl (C=O) groups excluding carboxylic acids is 2. The third kappa shape index (κ3) is 4.55. The minimum Gasteiger partial charge on any atom is -0.298 e. The van der Waals surface area contributed by atoms with Crippen molar-refractivity contribution < 1.29 is 18.4 Å². The lowest BCUT2D eigenvalue weighted by Gasteiger charge is -2.16. The third-order valence-electron chi connectivity index (χ3n) is 5.54. The van der Waals surface area contributed by atoms with E-state index in [1.807, 2.05) is 6.07 Å². The highest BCUT2D eigenvalue weighted by Gasteiger charge is 2.39. The summed E-state index contributed by atoms with van der Waals surface area (Å²) in [5.41, 5.74) is 1.86. The molecule has 1 aromatic heterocycles. The molecule has 168 valence electrons. The highest BCUT2D eigenvalue weighted by Crippen LogP contribution is 2.32. The molecule has 0 spiro atoms. The van der Waals surface area contributed by atoms with E-state index in [-0.39, 0.29) is 24.2 Å². The zero-order chi connectivity index (χ0) is 23.6. The summed E-state index contributed by atoms with van der Waals surface area (Å²) in [4.78, 5) is 34.5. The summed E-state index contributed by atoms with van der Waals surface area (Å²) in [6, 6.07) is 14.5. The molecule has 2 heterocycles. The Kier molecular flexibility index (Phi) is 6.09. The fourth-order valence-corrected chi connectivity index (χ4v) is 3.76. The van der Waals surface area contributed by atoms with Crippen LogP contribution < -0.4 is 5.01 Å². The molecule has 0 fully saturated rings. The lowest BCUT2D eigenvalue weighted by molar-refractivity contribution is -0.128. The number of ketones is 1. The second-order valence-electron chi connectivity index (χ2n) is 7.85. The Morgan fingerprint density at radius 3 is 2.52 bits per heavy atom. The second-order valence-corrected chi connectivity index (χ2v) is 7.85. The quantitative estimate of drug-likeness (QED) is 0.487. The molecule has 0 bridgehead atoms. The lowest BCUT2D eigenvalue weighted by Crippen LogP contribution is -2.33. The van der Waals surface area contributed by atoms with E-state index in [0.717, 1.165) is 0 Å². The number of alkyl halides is 2. The van der Waals surface area contributed by atoms with Crippen molar-refractivity contribution in [1.29, 1.82) is 0 Å². The van der Waals surface area contributed by atoms with Gasteiger partial charge in [0.15, 0.2) is 11.6 Å². The summed E-state index contributed by atoms with van der Waals surface area (Å²) in [5.74, 6) is -4.38. The van der Waals surface area contributed by atoms with Crippen LogP contribution in [0.2, 0.25) is 0 Å². The minimum absolute atomic E-state index is 0.136. The molecule has 1 aliphatic heterocycles. The van der Waals surface area contributed by atoms with Crippen LogP contribution in [-0.4, -0.2) is 27.4 Å². The Balaban J connectivity index is 1.54. The van der Waals surface area contributed by atoms with Crippen molar-refractivity contribution in [3.63, 3.8) is 0 Å². The second kappa shape index (κ2) is 8.97. The average molecular weight is 448 g/mol. The van der Waals surface area contributed by atoms with Gasteiger partial charge in [-0.2, -0.15) is 10.1 Å². The number of rotatable bonds is 7. The normalized spacial score (nSPS) is 16.1. The SMILES string of the molecule is CCC(F)(F)c1cccc(CC(=O)C2C(=O)N(c3cccc(-c4ncccn4)c3)N=C2C)c1. The zero-order valence-corrected chi connectivity index (χ0v) is 18.2. The van der Waals surface area contributed by atoms with E-state index in [2.05, 4.69) is 15.1 Å². The van der Waals surface area contributed by atoms with E-state index in [1.165, 1.54) is 30.1 Å². The molecule has 1 atom stereocenters. The van der Waals surface area contributed by atoms with Gasteiger partial charge in [0, 0.05) is 36.4 Å². The largest absolute Gasteiger partial charge is 0.298 e. The van der Waals surface area contributed by atoms with Gasteiger partial charge in [0.2, 0.25) is 0 Å². The highest BCUT2D eigenvalue weighted by atomic mass is 19.3. The van der Waals surface area contributed by atoms with Crippen molar-refractivity contribution >= 4 is 23.1 Å². The molecule has 1 amide bonds. The minimum atomic E-state index is -2.97.